The van der Waals surface area contributed by atoms with Crippen LogP contribution in [0.2, 0.25) is 0 Å². The Morgan fingerprint density at radius 1 is 1.00 bits per heavy atom. The Hall–Kier alpha value is -1.29. The number of aromatic nitrogens is 3. The Morgan fingerprint density at radius 3 is 2.19 bits per heavy atom. The van der Waals surface area contributed by atoms with Crippen molar-refractivity contribution in [3.63, 3.8) is 0 Å². The minimum atomic E-state index is -1.88. The molecule has 0 aliphatic carbocycles. The first-order valence-corrected chi connectivity index (χ1v) is 10.0. The van der Waals surface area contributed by atoms with Crippen LogP contribution in [0, 0.1) is 0 Å². The van der Waals surface area contributed by atoms with Gasteiger partial charge in [-0.3, -0.25) is 0 Å². The van der Waals surface area contributed by atoms with Gasteiger partial charge in [0.25, 0.3) is 0 Å². The molecular weight excluding hydrogens is 285 g/mol. The van der Waals surface area contributed by atoms with Crippen molar-refractivity contribution >= 4 is 12.6 Å². The van der Waals surface area contributed by atoms with Gasteiger partial charge >= 0.3 is 125 Å². The van der Waals surface area contributed by atoms with E-state index in [2.05, 4.69) is 34.3 Å². The minimum absolute atomic E-state index is 0.206. The maximum atomic E-state index is 9.27. The quantitative estimate of drug-likeness (QED) is 0.680. The van der Waals surface area contributed by atoms with Crippen molar-refractivity contribution in [2.45, 2.75) is 19.1 Å². The van der Waals surface area contributed by atoms with Gasteiger partial charge in [-0.05, 0) is 0 Å². The number of benzene rings is 1. The average Bonchev–Trinajstić information content (AvgIpc) is 3.04. The van der Waals surface area contributed by atoms with Crippen molar-refractivity contribution in [1.82, 2.24) is 14.8 Å². The number of rotatable bonds is 9. The zero-order valence-corrected chi connectivity index (χ0v) is 13.2. The van der Waals surface area contributed by atoms with Gasteiger partial charge < -0.3 is 0 Å². The topological polar surface area (TPSA) is 71.2 Å². The molecule has 6 heteroatoms. The van der Waals surface area contributed by atoms with Crippen molar-refractivity contribution in [2.75, 3.05) is 25.5 Å². The van der Waals surface area contributed by atoms with Gasteiger partial charge in [0.05, 0.1) is 0 Å². The molecule has 1 aromatic carbocycles. The predicted octanol–water partition coefficient (Wildman–Crippen LogP) is 1.08. The van der Waals surface area contributed by atoms with Crippen LogP contribution in [0.1, 0.15) is 12.8 Å². The van der Waals surface area contributed by atoms with Crippen LogP contribution in [-0.4, -0.2) is 50.5 Å². The Morgan fingerprint density at radius 2 is 1.67 bits per heavy atom. The van der Waals surface area contributed by atoms with E-state index in [9.17, 15) is 10.2 Å². The molecule has 2 N–H and O–H groups in total. The third-order valence-corrected chi connectivity index (χ3v) is 9.05. The first-order valence-electron chi connectivity index (χ1n) is 7.40. The summed E-state index contributed by atoms with van der Waals surface area (Å²) >= 11 is 0. The van der Waals surface area contributed by atoms with E-state index in [0.717, 1.165) is 31.5 Å². The van der Waals surface area contributed by atoms with Crippen molar-refractivity contribution < 1.29 is 10.2 Å². The first kappa shape index (κ1) is 16.1. The Bertz CT molecular complexity index is 497. The Labute approximate surface area is 126 Å². The van der Waals surface area contributed by atoms with E-state index in [1.54, 1.807) is 12.7 Å². The van der Waals surface area contributed by atoms with Crippen LogP contribution in [0.4, 0.5) is 0 Å². The summed E-state index contributed by atoms with van der Waals surface area (Å²) in [6.45, 7) is 0.413. The van der Waals surface area contributed by atoms with Gasteiger partial charge in [0.1, 0.15) is 0 Å². The molecule has 0 aliphatic rings. The predicted molar refractivity (Wildman–Crippen MR) is 87.6 cm³/mol. The second-order valence-electron chi connectivity index (χ2n) is 5.39. The molecule has 0 unspecified atom stereocenters. The molecule has 5 nitrogen and oxygen atoms in total. The molecule has 0 saturated carbocycles. The van der Waals surface area contributed by atoms with Gasteiger partial charge in [0, 0.05) is 0 Å². The molecule has 0 spiro atoms. The molecule has 21 heavy (non-hydrogen) atoms. The normalized spacial score (nSPS) is 12.5. The van der Waals surface area contributed by atoms with Crippen LogP contribution in [0.25, 0.3) is 0 Å². The van der Waals surface area contributed by atoms with Crippen LogP contribution in [0.5, 0.6) is 0 Å². The number of hydrogen-bond acceptors (Lipinski definition) is 4. The summed E-state index contributed by atoms with van der Waals surface area (Å²) in [5.41, 5.74) is 0. The molecule has 0 aliphatic heterocycles. The van der Waals surface area contributed by atoms with E-state index in [0.29, 0.717) is 0 Å². The van der Waals surface area contributed by atoms with Gasteiger partial charge in [0.15, 0.2) is 0 Å². The van der Waals surface area contributed by atoms with Crippen molar-refractivity contribution in [3.05, 3.63) is 43.0 Å². The van der Waals surface area contributed by atoms with Gasteiger partial charge in [-0.25, -0.2) is 0 Å². The number of hydrogen-bond donors (Lipinski definition) is 2. The van der Waals surface area contributed by atoms with E-state index < -0.39 is 7.26 Å². The third kappa shape index (κ3) is 4.34. The molecule has 1 aromatic heterocycles. The standard InChI is InChI=1S/C15H24N3O2P/c19-8-4-10-21(11-5-9-20,14-18-13-16-12-17-18)15-6-2-1-3-7-15/h1-3,6-7,12-13,19-21H,4-5,8-11,14H2. The average molecular weight is 309 g/mol. The fourth-order valence-corrected chi connectivity index (χ4v) is 7.59. The van der Waals surface area contributed by atoms with Crippen LogP contribution in [-0.2, 0) is 6.29 Å². The van der Waals surface area contributed by atoms with Crippen molar-refractivity contribution in [1.29, 1.82) is 0 Å². The van der Waals surface area contributed by atoms with Crippen molar-refractivity contribution in [2.24, 2.45) is 0 Å². The Balaban J connectivity index is 2.32. The fraction of sp³-hybridized carbons (Fsp3) is 0.467. The van der Waals surface area contributed by atoms with E-state index >= 15 is 0 Å². The Kier molecular flexibility index (Phi) is 6.30. The van der Waals surface area contributed by atoms with E-state index in [4.69, 9.17) is 0 Å². The summed E-state index contributed by atoms with van der Waals surface area (Å²) in [7, 11) is -1.88. The summed E-state index contributed by atoms with van der Waals surface area (Å²) in [6.07, 6.45) is 7.73. The van der Waals surface area contributed by atoms with Gasteiger partial charge in [-0.2, -0.15) is 0 Å². The summed E-state index contributed by atoms with van der Waals surface area (Å²) in [6, 6.07) is 10.5. The molecule has 0 radical (unpaired) electrons. The van der Waals surface area contributed by atoms with E-state index in [-0.39, 0.29) is 13.2 Å². The monoisotopic (exact) mass is 309 g/mol. The van der Waals surface area contributed by atoms with E-state index in [1.807, 2.05) is 10.7 Å². The zero-order chi connectivity index (χ0) is 15.0. The van der Waals surface area contributed by atoms with Gasteiger partial charge in [-0.1, -0.05) is 0 Å². The zero-order valence-electron chi connectivity index (χ0n) is 12.2. The third-order valence-electron chi connectivity index (χ3n) is 3.94. The second kappa shape index (κ2) is 8.23. The molecule has 0 fully saturated rings. The van der Waals surface area contributed by atoms with Crippen LogP contribution >= 0.6 is 7.26 Å². The summed E-state index contributed by atoms with van der Waals surface area (Å²) in [4.78, 5) is 4.04. The van der Waals surface area contributed by atoms with Crippen molar-refractivity contribution in [3.8, 4) is 0 Å². The first-order chi connectivity index (χ1) is 10.3. The summed E-state index contributed by atoms with van der Waals surface area (Å²) < 4.78 is 1.90. The van der Waals surface area contributed by atoms with Crippen LogP contribution in [0.3, 0.4) is 0 Å². The molecule has 2 rings (SSSR count). The SMILES string of the molecule is OCCC[PH](CCCO)(Cn1cncn1)c1ccccc1. The van der Waals surface area contributed by atoms with Gasteiger partial charge in [0.2, 0.25) is 0 Å². The molecule has 0 saturated heterocycles. The molecule has 116 valence electrons. The second-order valence-corrected chi connectivity index (χ2v) is 9.85. The van der Waals surface area contributed by atoms with Gasteiger partial charge in [-0.15, -0.1) is 0 Å². The molecule has 2 aromatic rings. The molecule has 0 amide bonds. The fourth-order valence-electron chi connectivity index (χ4n) is 2.91. The van der Waals surface area contributed by atoms with Crippen LogP contribution < -0.4 is 5.30 Å². The van der Waals surface area contributed by atoms with E-state index in [1.165, 1.54) is 5.30 Å². The summed E-state index contributed by atoms with van der Waals surface area (Å²) in [5, 5.41) is 24.2. The number of aliphatic hydroxyl groups excluding tert-OH is 2. The van der Waals surface area contributed by atoms with Crippen LogP contribution in [0.15, 0.2) is 43.0 Å². The molecule has 1 heterocycles. The molecule has 0 bridgehead atoms. The number of nitrogens with zero attached hydrogens (tertiary/aromatic N) is 3. The number of aliphatic hydroxyl groups is 2. The molecular formula is C15H24N3O2P. The maximum absolute atomic E-state index is 9.27. The molecule has 0 atom stereocenters. The summed E-state index contributed by atoms with van der Waals surface area (Å²) in [5.74, 6) is 0.